The predicted molar refractivity (Wildman–Crippen MR) is 149 cm³/mol. The van der Waals surface area contributed by atoms with Crippen molar-refractivity contribution in [2.24, 2.45) is 0 Å². The van der Waals surface area contributed by atoms with Crippen LogP contribution in [0.15, 0.2) is 65.6 Å². The summed E-state index contributed by atoms with van der Waals surface area (Å²) in [6, 6.07) is 18.4. The van der Waals surface area contributed by atoms with Gasteiger partial charge in [0.25, 0.3) is 0 Å². The molecule has 0 aliphatic carbocycles. The van der Waals surface area contributed by atoms with E-state index in [-0.39, 0.29) is 11.5 Å². The van der Waals surface area contributed by atoms with Crippen LogP contribution in [0, 0.1) is 6.92 Å². The molecule has 0 bridgehead atoms. The number of fused-ring (bicyclic) bond motifs is 1. The number of nitrogens with one attached hydrogen (secondary N) is 1. The van der Waals surface area contributed by atoms with Crippen molar-refractivity contribution in [3.63, 3.8) is 0 Å². The highest BCUT2D eigenvalue weighted by atomic mass is 32.2. The van der Waals surface area contributed by atoms with Gasteiger partial charge in [-0.2, -0.15) is 0 Å². The number of hydrogen-bond acceptors (Lipinski definition) is 8. The quantitative estimate of drug-likeness (QED) is 0.336. The number of anilines is 2. The molecule has 1 aliphatic heterocycles. The average Bonchev–Trinajstić information content (AvgIpc) is 3.45. The highest BCUT2D eigenvalue weighted by molar-refractivity contribution is 7.89. The minimum absolute atomic E-state index is 0.0142. The van der Waals surface area contributed by atoms with Gasteiger partial charge in [0, 0.05) is 25.8 Å². The van der Waals surface area contributed by atoms with Crippen LogP contribution in [0.5, 0.6) is 0 Å². The number of likely N-dealkylation sites (tertiary alicyclic amines) is 1. The van der Waals surface area contributed by atoms with Crippen molar-refractivity contribution in [1.29, 1.82) is 0 Å². The smallest absolute Gasteiger partial charge is 0.250 e. The molecule has 0 saturated carbocycles. The number of benzene rings is 3. The van der Waals surface area contributed by atoms with Crippen LogP contribution >= 0.6 is 0 Å². The molecular weight excluding hydrogens is 500 g/mol. The van der Waals surface area contributed by atoms with Crippen molar-refractivity contribution in [3.05, 3.63) is 71.8 Å². The van der Waals surface area contributed by atoms with Crippen LogP contribution in [0.4, 0.5) is 11.6 Å². The maximum absolute atomic E-state index is 12.7. The normalized spacial score (nSPS) is 14.3. The van der Waals surface area contributed by atoms with Gasteiger partial charge in [0.2, 0.25) is 16.0 Å². The number of nitrogens with zero attached hydrogens (tertiary/aromatic N) is 5. The molecular formula is C28H32N6O3S. The number of aromatic nitrogens is 3. The van der Waals surface area contributed by atoms with E-state index in [1.807, 2.05) is 50.4 Å². The first-order chi connectivity index (χ1) is 18.3. The van der Waals surface area contributed by atoms with E-state index in [1.54, 1.807) is 29.2 Å². The molecule has 2 N–H and O–H groups in total. The maximum atomic E-state index is 12.7. The molecule has 38 heavy (non-hydrogen) atoms. The number of hydrogen-bond donors (Lipinski definition) is 2. The van der Waals surface area contributed by atoms with Crippen molar-refractivity contribution < 1.29 is 13.5 Å². The van der Waals surface area contributed by atoms with Crippen LogP contribution in [-0.2, 0) is 16.6 Å². The number of aliphatic hydroxyl groups excluding tert-OH is 1. The first-order valence-corrected chi connectivity index (χ1v) is 14.2. The lowest BCUT2D eigenvalue weighted by molar-refractivity contribution is 0.282. The summed E-state index contributed by atoms with van der Waals surface area (Å²) in [4.78, 5) is 8.98. The summed E-state index contributed by atoms with van der Waals surface area (Å²) in [7, 11) is -1.76. The largest absolute Gasteiger partial charge is 0.392 e. The Bertz CT molecular complexity index is 1540. The minimum Gasteiger partial charge on any atom is -0.392 e. The van der Waals surface area contributed by atoms with Crippen molar-refractivity contribution in [2.75, 3.05) is 38.1 Å². The number of rotatable bonds is 9. The lowest BCUT2D eigenvalue weighted by atomic mass is 9.98. The molecule has 10 heteroatoms. The van der Waals surface area contributed by atoms with Crippen LogP contribution in [0.2, 0.25) is 0 Å². The summed E-state index contributed by atoms with van der Waals surface area (Å²) in [5.74, 6) is 0.409. The minimum atomic E-state index is -3.58. The van der Waals surface area contributed by atoms with Crippen molar-refractivity contribution in [1.82, 2.24) is 24.8 Å². The molecule has 1 aromatic heterocycles. The number of aryl methyl sites for hydroxylation is 1. The molecule has 1 saturated heterocycles. The Hall–Kier alpha value is -3.44. The van der Waals surface area contributed by atoms with Gasteiger partial charge < -0.3 is 14.9 Å². The van der Waals surface area contributed by atoms with Gasteiger partial charge in [0.15, 0.2) is 0 Å². The fraction of sp³-hybridized carbons (Fsp3) is 0.321. The fourth-order valence-electron chi connectivity index (χ4n) is 4.76. The van der Waals surface area contributed by atoms with Crippen LogP contribution < -0.4 is 9.62 Å². The lowest BCUT2D eigenvalue weighted by Gasteiger charge is -2.18. The summed E-state index contributed by atoms with van der Waals surface area (Å²) in [5, 5.41) is 18.2. The van der Waals surface area contributed by atoms with Crippen LogP contribution in [-0.4, -0.2) is 66.8 Å². The van der Waals surface area contributed by atoms with Gasteiger partial charge in [-0.3, -0.25) is 0 Å². The second-order valence-electron chi connectivity index (χ2n) is 9.63. The summed E-state index contributed by atoms with van der Waals surface area (Å²) < 4.78 is 28.1. The van der Waals surface area contributed by atoms with Gasteiger partial charge in [-0.05, 0) is 97.6 Å². The summed E-state index contributed by atoms with van der Waals surface area (Å²) in [6.07, 6.45) is 2.36. The Kier molecular flexibility index (Phi) is 7.66. The Morgan fingerprint density at radius 1 is 1.00 bits per heavy atom. The number of sulfonamides is 1. The molecule has 1 fully saturated rings. The molecule has 0 radical (unpaired) electrons. The van der Waals surface area contributed by atoms with Crippen LogP contribution in [0.25, 0.3) is 22.2 Å². The first-order valence-electron chi connectivity index (χ1n) is 12.7. The molecule has 4 aromatic rings. The second-order valence-corrected chi connectivity index (χ2v) is 11.4. The third-order valence-electron chi connectivity index (χ3n) is 6.96. The highest BCUT2D eigenvalue weighted by Crippen LogP contribution is 2.29. The fourth-order valence-corrected chi connectivity index (χ4v) is 5.78. The molecule has 1 aliphatic rings. The van der Waals surface area contributed by atoms with Gasteiger partial charge in [0.1, 0.15) is 5.52 Å². The average molecular weight is 533 g/mol. The third kappa shape index (κ3) is 5.68. The van der Waals surface area contributed by atoms with Gasteiger partial charge in [-0.1, -0.05) is 18.2 Å². The lowest BCUT2D eigenvalue weighted by Crippen LogP contribution is -2.33. The molecule has 9 nitrogen and oxygen atoms in total. The predicted octanol–water partition coefficient (Wildman–Crippen LogP) is 3.63. The van der Waals surface area contributed by atoms with Crippen LogP contribution in [0.3, 0.4) is 0 Å². The SMILES string of the molecule is Cc1cc2nc(N(C)c3ccc(S(=O)(=O)NCCN4CCCC4)cc3)nnc2cc1-c1cccc(CO)c1. The topological polar surface area (TPSA) is 112 Å². The van der Waals surface area contributed by atoms with E-state index < -0.39 is 10.0 Å². The number of aliphatic hydroxyl groups is 1. The third-order valence-corrected chi connectivity index (χ3v) is 8.44. The van der Waals surface area contributed by atoms with E-state index in [4.69, 9.17) is 4.98 Å². The van der Waals surface area contributed by atoms with E-state index in [0.29, 0.717) is 23.5 Å². The highest BCUT2D eigenvalue weighted by Gasteiger charge is 2.17. The van der Waals surface area contributed by atoms with Crippen molar-refractivity contribution in [3.8, 4) is 11.1 Å². The summed E-state index contributed by atoms with van der Waals surface area (Å²) in [5.41, 5.74) is 6.02. The van der Waals surface area contributed by atoms with Crippen molar-refractivity contribution in [2.45, 2.75) is 31.3 Å². The van der Waals surface area contributed by atoms with Gasteiger partial charge in [-0.15, -0.1) is 10.2 Å². The second kappa shape index (κ2) is 11.1. The van der Waals surface area contributed by atoms with Gasteiger partial charge in [0.05, 0.1) is 17.0 Å². The van der Waals surface area contributed by atoms with E-state index in [0.717, 1.165) is 47.6 Å². The summed E-state index contributed by atoms with van der Waals surface area (Å²) >= 11 is 0. The first kappa shape index (κ1) is 26.2. The molecule has 5 rings (SSSR count). The maximum Gasteiger partial charge on any atom is 0.250 e. The van der Waals surface area contributed by atoms with E-state index in [9.17, 15) is 13.5 Å². The van der Waals surface area contributed by atoms with Gasteiger partial charge in [-0.25, -0.2) is 18.1 Å². The molecule has 0 atom stereocenters. The monoisotopic (exact) mass is 532 g/mol. The standard InChI is InChI=1S/C28H32N6O3S/c1-20-16-26-27(18-25(20)22-7-5-6-21(17-22)19-35)31-32-28(30-26)33(2)23-8-10-24(11-9-23)38(36,37)29-12-15-34-13-3-4-14-34/h5-11,16-18,29,35H,3-4,12-15,19H2,1-2H3. The zero-order chi connectivity index (χ0) is 26.7. The molecule has 0 spiro atoms. The molecule has 0 amide bonds. The van der Waals surface area contributed by atoms with Gasteiger partial charge >= 0.3 is 0 Å². The Balaban J connectivity index is 1.32. The Morgan fingerprint density at radius 2 is 1.76 bits per heavy atom. The van der Waals surface area contributed by atoms with E-state index >= 15 is 0 Å². The Morgan fingerprint density at radius 3 is 2.50 bits per heavy atom. The van der Waals surface area contributed by atoms with E-state index in [1.165, 1.54) is 12.8 Å². The zero-order valence-corrected chi connectivity index (χ0v) is 22.4. The summed E-state index contributed by atoms with van der Waals surface area (Å²) in [6.45, 7) is 5.20. The van der Waals surface area contributed by atoms with Crippen LogP contribution in [0.1, 0.15) is 24.0 Å². The molecule has 0 unspecified atom stereocenters. The van der Waals surface area contributed by atoms with Crippen molar-refractivity contribution >= 4 is 32.7 Å². The molecule has 3 aromatic carbocycles. The molecule has 198 valence electrons. The van der Waals surface area contributed by atoms with E-state index in [2.05, 4.69) is 19.8 Å². The Labute approximate surface area is 223 Å². The zero-order valence-electron chi connectivity index (χ0n) is 21.6. The molecule has 2 heterocycles.